The average Bonchev–Trinajstić information content (AvgIpc) is 3.77. The normalized spacial score (nSPS) is 13.4. The molecule has 0 N–H and O–H groups in total. The third kappa shape index (κ3) is 6.82. The minimum Gasteiger partial charge on any atom is -0.311 e. The molecule has 0 unspecified atom stereocenters. The molecular weight excluding hydrogens is 876 g/mol. The highest BCUT2D eigenvalue weighted by Crippen LogP contribution is 2.52. The van der Waals surface area contributed by atoms with Crippen LogP contribution >= 0.6 is 11.3 Å². The SMILES string of the molecule is CC(C)c1ccc2c(c1)B1c3sc4ccc(C(C)(C)C)cc4c3N(c3ccccc3-c3ccccc3)c3cccc(c31)N2c1ccc(C(C)(C)C)cc1-c1ccc2c3ccccc3c3ccccc3c2c1. The number of nitrogens with zero attached hydrogens (tertiary/aromatic N) is 2. The molecule has 0 saturated heterocycles. The van der Waals surface area contributed by atoms with Gasteiger partial charge in [0.2, 0.25) is 0 Å². The number of benzene rings is 10. The van der Waals surface area contributed by atoms with Crippen LogP contribution in [0, 0.1) is 0 Å². The molecule has 71 heavy (non-hydrogen) atoms. The summed E-state index contributed by atoms with van der Waals surface area (Å²) in [5, 5.41) is 9.04. The van der Waals surface area contributed by atoms with E-state index in [4.69, 9.17) is 0 Å². The maximum Gasteiger partial charge on any atom is 0.264 e. The van der Waals surface area contributed by atoms with Gasteiger partial charge in [-0.3, -0.25) is 0 Å². The van der Waals surface area contributed by atoms with Gasteiger partial charge in [-0.05, 0) is 142 Å². The van der Waals surface area contributed by atoms with E-state index in [0.717, 1.165) is 0 Å². The zero-order chi connectivity index (χ0) is 48.5. The lowest BCUT2D eigenvalue weighted by molar-refractivity contribution is 0.590. The fourth-order valence-corrected chi connectivity index (χ4v) is 13.1. The van der Waals surface area contributed by atoms with Crippen molar-refractivity contribution < 1.29 is 0 Å². The molecule has 13 rings (SSSR count). The van der Waals surface area contributed by atoms with Crippen LogP contribution in [-0.2, 0) is 10.8 Å². The first-order valence-electron chi connectivity index (χ1n) is 25.4. The van der Waals surface area contributed by atoms with Gasteiger partial charge in [0.05, 0.1) is 17.1 Å². The monoisotopic (exact) mass is 932 g/mol. The first-order chi connectivity index (χ1) is 34.3. The summed E-state index contributed by atoms with van der Waals surface area (Å²) < 4.78 is 2.72. The third-order valence-corrected chi connectivity index (χ3v) is 16.8. The first-order valence-corrected chi connectivity index (χ1v) is 26.2. The Labute approximate surface area is 422 Å². The zero-order valence-corrected chi connectivity index (χ0v) is 42.7. The van der Waals surface area contributed by atoms with Crippen LogP contribution in [0.15, 0.2) is 194 Å². The minimum absolute atomic E-state index is 0.00813. The summed E-state index contributed by atoms with van der Waals surface area (Å²) >= 11 is 1.98. The number of fused-ring (bicyclic) bond motifs is 12. The molecule has 2 aliphatic heterocycles. The van der Waals surface area contributed by atoms with Gasteiger partial charge in [0.25, 0.3) is 6.71 Å². The maximum absolute atomic E-state index is 2.64. The van der Waals surface area contributed by atoms with Crippen molar-refractivity contribution >= 4 is 110 Å². The van der Waals surface area contributed by atoms with Gasteiger partial charge in [-0.2, -0.15) is 0 Å². The number of anilines is 6. The second-order valence-corrected chi connectivity index (χ2v) is 23.4. The second-order valence-electron chi connectivity index (χ2n) is 22.3. The summed E-state index contributed by atoms with van der Waals surface area (Å²) in [6, 6.07) is 74.1. The molecule has 1 aromatic heterocycles. The molecule has 0 aliphatic carbocycles. The lowest BCUT2D eigenvalue weighted by Gasteiger charge is -2.44. The molecular formula is C67H57BN2S. The number of rotatable bonds is 5. The van der Waals surface area contributed by atoms with Crippen molar-refractivity contribution in [1.29, 1.82) is 0 Å². The van der Waals surface area contributed by atoms with Gasteiger partial charge in [-0.25, -0.2) is 0 Å². The van der Waals surface area contributed by atoms with Gasteiger partial charge >= 0.3 is 0 Å². The molecule has 2 nitrogen and oxygen atoms in total. The number of hydrogen-bond acceptors (Lipinski definition) is 3. The molecule has 4 heteroatoms. The van der Waals surface area contributed by atoms with Gasteiger partial charge in [0.15, 0.2) is 0 Å². The molecule has 0 bridgehead atoms. The molecule has 0 amide bonds. The predicted molar refractivity (Wildman–Crippen MR) is 311 cm³/mol. The molecule has 3 heterocycles. The standard InChI is InChI=1S/C67H57BN2S/c1-41(2)43-30-34-59-56(38-43)68-63-60(69(59)58-35-31-45(66(3,4)5)39-53(58)44-29-33-52-50-24-13-12-22-48(50)49-23-14-15-25-51(49)54(52)37-44)27-18-28-61(63)70(57-26-17-16-21-47(57)42-19-10-9-11-20-42)64-55-40-46(67(6,7)8)32-36-62(55)71-65(64)68/h9-41H,1-8H3. The summed E-state index contributed by atoms with van der Waals surface area (Å²) in [7, 11) is 0. The van der Waals surface area contributed by atoms with Crippen molar-refractivity contribution in [3.8, 4) is 22.3 Å². The second kappa shape index (κ2) is 16.1. The number of thiophene rings is 1. The van der Waals surface area contributed by atoms with Gasteiger partial charge in [-0.15, -0.1) is 11.3 Å². The molecule has 0 fully saturated rings. The number of para-hydroxylation sites is 1. The Morgan fingerprint density at radius 3 is 1.66 bits per heavy atom. The summed E-state index contributed by atoms with van der Waals surface area (Å²) in [6.07, 6.45) is 0. The van der Waals surface area contributed by atoms with E-state index in [-0.39, 0.29) is 17.5 Å². The number of hydrogen-bond donors (Lipinski definition) is 0. The first kappa shape index (κ1) is 43.6. The van der Waals surface area contributed by atoms with Gasteiger partial charge in [-0.1, -0.05) is 195 Å². The Kier molecular flexibility index (Phi) is 9.87. The topological polar surface area (TPSA) is 6.48 Å². The van der Waals surface area contributed by atoms with Crippen molar-refractivity contribution in [2.24, 2.45) is 0 Å². The fraction of sp³-hybridized carbons (Fsp3) is 0.164. The third-order valence-electron chi connectivity index (χ3n) is 15.5. The summed E-state index contributed by atoms with van der Waals surface area (Å²) in [5.41, 5.74) is 18.9. The summed E-state index contributed by atoms with van der Waals surface area (Å²) in [6.45, 7) is 18.7. The van der Waals surface area contributed by atoms with Gasteiger partial charge < -0.3 is 9.80 Å². The van der Waals surface area contributed by atoms with E-state index >= 15 is 0 Å². The Bertz CT molecular complexity index is 3920. The molecule has 0 radical (unpaired) electrons. The molecule has 10 aromatic carbocycles. The smallest absolute Gasteiger partial charge is 0.264 e. The summed E-state index contributed by atoms with van der Waals surface area (Å²) in [4.78, 5) is 5.26. The van der Waals surface area contributed by atoms with E-state index < -0.39 is 0 Å². The highest BCUT2D eigenvalue weighted by molar-refractivity contribution is 7.33. The lowest BCUT2D eigenvalue weighted by atomic mass is 9.36. The highest BCUT2D eigenvalue weighted by atomic mass is 32.1. The van der Waals surface area contributed by atoms with Crippen molar-refractivity contribution in [2.45, 2.75) is 72.1 Å². The quantitative estimate of drug-likeness (QED) is 0.125. The maximum atomic E-state index is 2.64. The Morgan fingerprint density at radius 1 is 0.408 bits per heavy atom. The van der Waals surface area contributed by atoms with Crippen LogP contribution in [0.4, 0.5) is 34.1 Å². The molecule has 11 aromatic rings. The summed E-state index contributed by atoms with van der Waals surface area (Å²) in [5.74, 6) is 0.365. The van der Waals surface area contributed by atoms with Crippen molar-refractivity contribution in [3.63, 3.8) is 0 Å². The van der Waals surface area contributed by atoms with E-state index in [1.807, 2.05) is 11.3 Å². The van der Waals surface area contributed by atoms with Gasteiger partial charge in [0, 0.05) is 43.1 Å². The zero-order valence-electron chi connectivity index (χ0n) is 41.9. The largest absolute Gasteiger partial charge is 0.311 e. The van der Waals surface area contributed by atoms with Crippen LogP contribution in [0.3, 0.4) is 0 Å². The Morgan fingerprint density at radius 2 is 0.972 bits per heavy atom. The fourth-order valence-electron chi connectivity index (χ4n) is 11.8. The van der Waals surface area contributed by atoms with Crippen LogP contribution < -0.4 is 25.5 Å². The van der Waals surface area contributed by atoms with Crippen LogP contribution in [0.5, 0.6) is 0 Å². The van der Waals surface area contributed by atoms with E-state index in [9.17, 15) is 0 Å². The van der Waals surface area contributed by atoms with Crippen LogP contribution in [0.2, 0.25) is 0 Å². The van der Waals surface area contributed by atoms with Crippen LogP contribution in [-0.4, -0.2) is 6.71 Å². The van der Waals surface area contributed by atoms with Crippen molar-refractivity contribution in [1.82, 2.24) is 0 Å². The van der Waals surface area contributed by atoms with E-state index in [0.29, 0.717) is 5.92 Å². The van der Waals surface area contributed by atoms with Gasteiger partial charge in [0.1, 0.15) is 0 Å². The van der Waals surface area contributed by atoms with E-state index in [1.165, 1.54) is 131 Å². The van der Waals surface area contributed by atoms with E-state index in [2.05, 4.69) is 259 Å². The predicted octanol–water partition coefficient (Wildman–Crippen LogP) is 17.5. The van der Waals surface area contributed by atoms with Crippen LogP contribution in [0.1, 0.15) is 78.0 Å². The highest BCUT2D eigenvalue weighted by Gasteiger charge is 2.46. The molecule has 0 saturated carbocycles. The van der Waals surface area contributed by atoms with E-state index in [1.54, 1.807) is 0 Å². The Hall–Kier alpha value is -7.40. The molecule has 0 atom stereocenters. The molecule has 2 aliphatic rings. The molecule has 0 spiro atoms. The Balaban J connectivity index is 1.12. The average molecular weight is 933 g/mol. The molecule has 344 valence electrons. The van der Waals surface area contributed by atoms with Crippen LogP contribution in [0.25, 0.3) is 64.7 Å². The van der Waals surface area contributed by atoms with Crippen molar-refractivity contribution in [3.05, 3.63) is 211 Å². The van der Waals surface area contributed by atoms with Crippen molar-refractivity contribution in [2.75, 3.05) is 9.80 Å². The lowest BCUT2D eigenvalue weighted by Crippen LogP contribution is -2.60. The minimum atomic E-state index is -0.0624.